The first kappa shape index (κ1) is 13.0. The number of halogens is 1. The number of carbonyl (C=O) groups excluding carboxylic acids is 1. The van der Waals surface area contributed by atoms with E-state index in [0.717, 1.165) is 9.13 Å². The number of Topliss-reactive ketones (excluding diaryl/α,β-unsaturated/α-hetero) is 1. The molecule has 0 aliphatic heterocycles. The van der Waals surface area contributed by atoms with Crippen molar-refractivity contribution in [3.63, 3.8) is 0 Å². The van der Waals surface area contributed by atoms with Crippen molar-refractivity contribution in [2.45, 2.75) is 6.42 Å². The molecule has 4 heteroatoms. The lowest BCUT2D eigenvalue weighted by molar-refractivity contribution is 0.0990. The molecular weight excluding hydrogens is 341 g/mol. The van der Waals surface area contributed by atoms with E-state index >= 15 is 0 Å². The highest BCUT2D eigenvalue weighted by molar-refractivity contribution is 14.1. The van der Waals surface area contributed by atoms with E-state index in [0.29, 0.717) is 17.7 Å². The minimum atomic E-state index is 0.0375. The molecule has 0 amide bonds. The van der Waals surface area contributed by atoms with E-state index in [4.69, 9.17) is 4.74 Å². The van der Waals surface area contributed by atoms with Gasteiger partial charge in [-0.1, -0.05) is 12.1 Å². The Bertz CT molecular complexity index is 552. The van der Waals surface area contributed by atoms with E-state index in [1.54, 1.807) is 25.6 Å². The topological polar surface area (TPSA) is 39.2 Å². The van der Waals surface area contributed by atoms with E-state index in [1.807, 2.05) is 24.3 Å². The van der Waals surface area contributed by atoms with Crippen LogP contribution in [0.5, 0.6) is 5.75 Å². The SMILES string of the molecule is COc1cnccc1C(=O)Cc1ccc(I)cc1. The largest absolute Gasteiger partial charge is 0.494 e. The second kappa shape index (κ2) is 5.95. The molecular formula is C14H12INO2. The van der Waals surface area contributed by atoms with E-state index in [1.165, 1.54) is 0 Å². The zero-order valence-electron chi connectivity index (χ0n) is 9.89. The number of pyridine rings is 1. The second-order valence-electron chi connectivity index (χ2n) is 3.80. The molecule has 92 valence electrons. The lowest BCUT2D eigenvalue weighted by atomic mass is 10.0. The molecule has 1 heterocycles. The number of aromatic nitrogens is 1. The molecule has 1 aromatic heterocycles. The van der Waals surface area contributed by atoms with Crippen LogP contribution in [0, 0.1) is 3.57 Å². The normalized spacial score (nSPS) is 10.1. The first-order valence-electron chi connectivity index (χ1n) is 5.46. The summed E-state index contributed by atoms with van der Waals surface area (Å²) in [6.07, 6.45) is 3.53. The first-order chi connectivity index (χ1) is 8.70. The Morgan fingerprint density at radius 1 is 1.28 bits per heavy atom. The van der Waals surface area contributed by atoms with Crippen molar-refractivity contribution in [2.24, 2.45) is 0 Å². The van der Waals surface area contributed by atoms with Crippen molar-refractivity contribution < 1.29 is 9.53 Å². The number of nitrogens with zero attached hydrogens (tertiary/aromatic N) is 1. The highest BCUT2D eigenvalue weighted by Crippen LogP contribution is 2.18. The lowest BCUT2D eigenvalue weighted by Crippen LogP contribution is -2.06. The molecule has 0 spiro atoms. The van der Waals surface area contributed by atoms with Crippen molar-refractivity contribution in [1.82, 2.24) is 4.98 Å². The van der Waals surface area contributed by atoms with Crippen molar-refractivity contribution in [1.29, 1.82) is 0 Å². The number of ether oxygens (including phenoxy) is 1. The predicted octanol–water partition coefficient (Wildman–Crippen LogP) is 3.12. The Hall–Kier alpha value is -1.43. The van der Waals surface area contributed by atoms with Crippen LogP contribution in [0.25, 0.3) is 0 Å². The van der Waals surface area contributed by atoms with Crippen LogP contribution in [0.3, 0.4) is 0 Å². The van der Waals surface area contributed by atoms with Crippen LogP contribution < -0.4 is 4.74 Å². The van der Waals surface area contributed by atoms with Crippen LogP contribution >= 0.6 is 22.6 Å². The molecule has 0 unspecified atom stereocenters. The Labute approximate surface area is 119 Å². The quantitative estimate of drug-likeness (QED) is 0.626. The summed E-state index contributed by atoms with van der Waals surface area (Å²) in [6, 6.07) is 9.61. The average molecular weight is 353 g/mol. The molecule has 3 nitrogen and oxygen atoms in total. The fraction of sp³-hybridized carbons (Fsp3) is 0.143. The number of carbonyl (C=O) groups is 1. The third-order valence-corrected chi connectivity index (χ3v) is 3.30. The summed E-state index contributed by atoms with van der Waals surface area (Å²) in [5.74, 6) is 0.559. The van der Waals surface area contributed by atoms with Crippen LogP contribution in [0.4, 0.5) is 0 Å². The molecule has 0 fully saturated rings. The molecule has 2 rings (SSSR count). The van der Waals surface area contributed by atoms with Gasteiger partial charge >= 0.3 is 0 Å². The van der Waals surface area contributed by atoms with Gasteiger partial charge < -0.3 is 4.74 Å². The number of hydrogen-bond donors (Lipinski definition) is 0. The van der Waals surface area contributed by atoms with E-state index in [2.05, 4.69) is 27.6 Å². The fourth-order valence-electron chi connectivity index (χ4n) is 1.66. The Balaban J connectivity index is 2.19. The molecule has 0 bridgehead atoms. The van der Waals surface area contributed by atoms with E-state index < -0.39 is 0 Å². The standard InChI is InChI=1S/C14H12INO2/c1-18-14-9-16-7-6-12(14)13(17)8-10-2-4-11(15)5-3-10/h2-7,9H,8H2,1H3. The van der Waals surface area contributed by atoms with Crippen molar-refractivity contribution in [2.75, 3.05) is 7.11 Å². The van der Waals surface area contributed by atoms with Gasteiger partial charge in [0.2, 0.25) is 0 Å². The molecule has 0 atom stereocenters. The number of methoxy groups -OCH3 is 1. The van der Waals surface area contributed by atoms with Crippen LogP contribution in [0.15, 0.2) is 42.7 Å². The van der Waals surface area contributed by atoms with Gasteiger partial charge in [-0.3, -0.25) is 9.78 Å². The van der Waals surface area contributed by atoms with Gasteiger partial charge in [0.1, 0.15) is 5.75 Å². The maximum absolute atomic E-state index is 12.2. The van der Waals surface area contributed by atoms with Crippen LogP contribution in [-0.4, -0.2) is 17.9 Å². The monoisotopic (exact) mass is 353 g/mol. The number of hydrogen-bond acceptors (Lipinski definition) is 3. The Morgan fingerprint density at radius 3 is 2.67 bits per heavy atom. The molecule has 2 aromatic rings. The molecule has 0 N–H and O–H groups in total. The zero-order valence-corrected chi connectivity index (χ0v) is 12.0. The van der Waals surface area contributed by atoms with Crippen molar-refractivity contribution >= 4 is 28.4 Å². The van der Waals surface area contributed by atoms with Crippen molar-refractivity contribution in [3.8, 4) is 5.75 Å². The summed E-state index contributed by atoms with van der Waals surface area (Å²) >= 11 is 2.24. The summed E-state index contributed by atoms with van der Waals surface area (Å²) in [5, 5.41) is 0. The van der Waals surface area contributed by atoms with Gasteiger partial charge in [-0.15, -0.1) is 0 Å². The van der Waals surface area contributed by atoms with Gasteiger partial charge in [0.25, 0.3) is 0 Å². The van der Waals surface area contributed by atoms with Crippen LogP contribution in [0.2, 0.25) is 0 Å². The Kier molecular flexibility index (Phi) is 4.30. The smallest absolute Gasteiger partial charge is 0.171 e. The van der Waals surface area contributed by atoms with Gasteiger partial charge in [0, 0.05) is 16.2 Å². The summed E-state index contributed by atoms with van der Waals surface area (Å²) in [5.41, 5.74) is 1.57. The van der Waals surface area contributed by atoms with Crippen molar-refractivity contribution in [3.05, 3.63) is 57.4 Å². The highest BCUT2D eigenvalue weighted by atomic mass is 127. The third kappa shape index (κ3) is 3.07. The number of ketones is 1. The summed E-state index contributed by atoms with van der Waals surface area (Å²) < 4.78 is 6.30. The van der Waals surface area contributed by atoms with E-state index in [9.17, 15) is 4.79 Å². The summed E-state index contributed by atoms with van der Waals surface area (Å²) in [7, 11) is 1.54. The minimum Gasteiger partial charge on any atom is -0.494 e. The zero-order chi connectivity index (χ0) is 13.0. The third-order valence-electron chi connectivity index (χ3n) is 2.58. The van der Waals surface area contributed by atoms with Gasteiger partial charge in [-0.05, 0) is 46.4 Å². The predicted molar refractivity (Wildman–Crippen MR) is 78.0 cm³/mol. The lowest BCUT2D eigenvalue weighted by Gasteiger charge is -2.06. The molecule has 0 aliphatic carbocycles. The molecule has 0 aliphatic rings. The molecule has 1 aromatic carbocycles. The van der Waals surface area contributed by atoms with Gasteiger partial charge in [0.05, 0.1) is 18.9 Å². The molecule has 0 saturated heterocycles. The van der Waals surface area contributed by atoms with Gasteiger partial charge in [0.15, 0.2) is 5.78 Å². The average Bonchev–Trinajstić information content (AvgIpc) is 2.41. The number of rotatable bonds is 4. The summed E-state index contributed by atoms with van der Waals surface area (Å²) in [4.78, 5) is 16.1. The summed E-state index contributed by atoms with van der Waals surface area (Å²) in [6.45, 7) is 0. The van der Waals surface area contributed by atoms with Crippen LogP contribution in [0.1, 0.15) is 15.9 Å². The highest BCUT2D eigenvalue weighted by Gasteiger charge is 2.12. The Morgan fingerprint density at radius 2 is 2.00 bits per heavy atom. The van der Waals surface area contributed by atoms with E-state index in [-0.39, 0.29) is 5.78 Å². The molecule has 18 heavy (non-hydrogen) atoms. The van der Waals surface area contributed by atoms with Crippen LogP contribution in [-0.2, 0) is 6.42 Å². The first-order valence-corrected chi connectivity index (χ1v) is 6.54. The minimum absolute atomic E-state index is 0.0375. The second-order valence-corrected chi connectivity index (χ2v) is 5.05. The van der Waals surface area contributed by atoms with Gasteiger partial charge in [-0.25, -0.2) is 0 Å². The van der Waals surface area contributed by atoms with Gasteiger partial charge in [-0.2, -0.15) is 0 Å². The number of benzene rings is 1. The molecule has 0 radical (unpaired) electrons. The fourth-order valence-corrected chi connectivity index (χ4v) is 2.02. The maximum Gasteiger partial charge on any atom is 0.171 e. The molecule has 0 saturated carbocycles. The maximum atomic E-state index is 12.2.